The Hall–Kier alpha value is -2.17. The third kappa shape index (κ3) is 3.08. The van der Waals surface area contributed by atoms with Crippen LogP contribution in [-0.2, 0) is 11.2 Å². The van der Waals surface area contributed by atoms with Gasteiger partial charge in [-0.05, 0) is 56.2 Å². The zero-order chi connectivity index (χ0) is 18.4. The Morgan fingerprint density at radius 1 is 1.20 bits per heavy atom. The standard InChI is InChI=1S/C20H26N2O3/c1-11-9-12(2)16(13-10-20(3,4)17(23)15(11)13)19(25)22-14-7-5-6-8-21-18(14)24/h9,14H,5-8,10H2,1-4H3,(H,21,24)(H,22,25)/t14-/m0/s1. The maximum absolute atomic E-state index is 13.0. The fourth-order valence-corrected chi connectivity index (χ4v) is 4.05. The van der Waals surface area contributed by atoms with Gasteiger partial charge in [0.15, 0.2) is 5.78 Å². The van der Waals surface area contributed by atoms with Crippen molar-refractivity contribution in [3.05, 3.63) is 33.9 Å². The highest BCUT2D eigenvalue weighted by atomic mass is 16.2. The molecule has 0 aromatic heterocycles. The van der Waals surface area contributed by atoms with E-state index in [1.165, 1.54) is 0 Å². The summed E-state index contributed by atoms with van der Waals surface area (Å²) in [6.07, 6.45) is 3.04. The second kappa shape index (κ2) is 6.28. The van der Waals surface area contributed by atoms with E-state index >= 15 is 0 Å². The molecule has 0 spiro atoms. The maximum atomic E-state index is 13.0. The molecule has 1 aliphatic carbocycles. The molecule has 0 unspecified atom stereocenters. The Labute approximate surface area is 148 Å². The van der Waals surface area contributed by atoms with E-state index < -0.39 is 11.5 Å². The van der Waals surface area contributed by atoms with Crippen molar-refractivity contribution in [3.63, 3.8) is 0 Å². The first kappa shape index (κ1) is 17.6. The van der Waals surface area contributed by atoms with Crippen LogP contribution in [0.25, 0.3) is 0 Å². The van der Waals surface area contributed by atoms with Crippen molar-refractivity contribution < 1.29 is 14.4 Å². The van der Waals surface area contributed by atoms with Gasteiger partial charge in [-0.3, -0.25) is 14.4 Å². The van der Waals surface area contributed by atoms with Crippen LogP contribution < -0.4 is 10.6 Å². The number of nitrogens with one attached hydrogen (secondary N) is 2. The summed E-state index contributed by atoms with van der Waals surface area (Å²) < 4.78 is 0. The summed E-state index contributed by atoms with van der Waals surface area (Å²) in [7, 11) is 0. The third-order valence-corrected chi connectivity index (χ3v) is 5.35. The van der Waals surface area contributed by atoms with Crippen LogP contribution in [0.1, 0.15) is 70.5 Å². The zero-order valence-electron chi connectivity index (χ0n) is 15.4. The molecule has 1 fully saturated rings. The Balaban J connectivity index is 1.97. The largest absolute Gasteiger partial charge is 0.354 e. The minimum absolute atomic E-state index is 0.0984. The Kier molecular flexibility index (Phi) is 4.43. The summed E-state index contributed by atoms with van der Waals surface area (Å²) in [6.45, 7) is 8.32. The lowest BCUT2D eigenvalue weighted by Crippen LogP contribution is -2.45. The van der Waals surface area contributed by atoms with Crippen molar-refractivity contribution >= 4 is 17.6 Å². The molecule has 1 aromatic carbocycles. The SMILES string of the molecule is Cc1cc(C)c2c(c1C(=O)N[C@H]1CCCCNC1=O)CC(C)(C)C2=O. The fraction of sp³-hybridized carbons (Fsp3) is 0.550. The number of ketones is 1. The van der Waals surface area contributed by atoms with Crippen LogP contribution in [0.5, 0.6) is 0 Å². The van der Waals surface area contributed by atoms with Crippen molar-refractivity contribution in [1.82, 2.24) is 10.6 Å². The molecule has 1 aromatic rings. The number of aryl methyl sites for hydroxylation is 2. The van der Waals surface area contributed by atoms with Crippen LogP contribution >= 0.6 is 0 Å². The molecule has 1 atom stereocenters. The van der Waals surface area contributed by atoms with Gasteiger partial charge in [0.1, 0.15) is 6.04 Å². The molecule has 2 aliphatic rings. The highest BCUT2D eigenvalue weighted by molar-refractivity contribution is 6.10. The van der Waals surface area contributed by atoms with E-state index in [1.54, 1.807) is 0 Å². The molecule has 0 radical (unpaired) electrons. The van der Waals surface area contributed by atoms with Crippen molar-refractivity contribution in [3.8, 4) is 0 Å². The monoisotopic (exact) mass is 342 g/mol. The maximum Gasteiger partial charge on any atom is 0.252 e. The van der Waals surface area contributed by atoms with Crippen molar-refractivity contribution in [1.29, 1.82) is 0 Å². The number of Topliss-reactive ketones (excluding diaryl/α,β-unsaturated/α-hetero) is 1. The molecule has 0 bridgehead atoms. The number of rotatable bonds is 2. The molecule has 2 N–H and O–H groups in total. The van der Waals surface area contributed by atoms with Crippen molar-refractivity contribution in [2.75, 3.05) is 6.54 Å². The van der Waals surface area contributed by atoms with Gasteiger partial charge in [0.2, 0.25) is 5.91 Å². The van der Waals surface area contributed by atoms with Gasteiger partial charge in [0.05, 0.1) is 0 Å². The third-order valence-electron chi connectivity index (χ3n) is 5.35. The predicted molar refractivity (Wildman–Crippen MR) is 95.8 cm³/mol. The van der Waals surface area contributed by atoms with Crippen LogP contribution in [0.4, 0.5) is 0 Å². The smallest absolute Gasteiger partial charge is 0.252 e. The molecule has 2 amide bonds. The molecule has 134 valence electrons. The average Bonchev–Trinajstić information content (AvgIpc) is 2.64. The number of fused-ring (bicyclic) bond motifs is 1. The van der Waals surface area contributed by atoms with Gasteiger partial charge in [0, 0.05) is 23.1 Å². The first-order valence-electron chi connectivity index (χ1n) is 8.99. The summed E-state index contributed by atoms with van der Waals surface area (Å²) in [4.78, 5) is 37.8. The normalized spacial score (nSPS) is 22.2. The van der Waals surface area contributed by atoms with Crippen LogP contribution in [0, 0.1) is 19.3 Å². The molecular weight excluding hydrogens is 316 g/mol. The van der Waals surface area contributed by atoms with Crippen molar-refractivity contribution in [2.45, 2.75) is 59.4 Å². The summed E-state index contributed by atoms with van der Waals surface area (Å²) in [5.74, 6) is -0.272. The van der Waals surface area contributed by atoms with Crippen LogP contribution in [0.15, 0.2) is 6.07 Å². The van der Waals surface area contributed by atoms with Gasteiger partial charge < -0.3 is 10.6 Å². The van der Waals surface area contributed by atoms with Crippen LogP contribution in [0.3, 0.4) is 0 Å². The fourth-order valence-electron chi connectivity index (χ4n) is 4.05. The Morgan fingerprint density at radius 2 is 1.92 bits per heavy atom. The number of amides is 2. The van der Waals surface area contributed by atoms with Crippen molar-refractivity contribution in [2.24, 2.45) is 5.41 Å². The molecule has 1 heterocycles. The molecule has 3 rings (SSSR count). The van der Waals surface area contributed by atoms with E-state index in [4.69, 9.17) is 0 Å². The molecule has 25 heavy (non-hydrogen) atoms. The summed E-state index contributed by atoms with van der Waals surface area (Å²) in [6, 6.07) is 1.40. The van der Waals surface area contributed by atoms with E-state index in [2.05, 4.69) is 10.6 Å². The highest BCUT2D eigenvalue weighted by Gasteiger charge is 2.41. The average molecular weight is 342 g/mol. The van der Waals surface area contributed by atoms with Gasteiger partial charge in [-0.15, -0.1) is 0 Å². The first-order chi connectivity index (χ1) is 11.7. The number of carbonyl (C=O) groups is 3. The van der Waals surface area contributed by atoms with E-state index in [0.29, 0.717) is 30.5 Å². The van der Waals surface area contributed by atoms with E-state index in [0.717, 1.165) is 29.5 Å². The van der Waals surface area contributed by atoms with E-state index in [9.17, 15) is 14.4 Å². The van der Waals surface area contributed by atoms with Gasteiger partial charge in [0.25, 0.3) is 5.91 Å². The van der Waals surface area contributed by atoms with E-state index in [-0.39, 0.29) is 17.6 Å². The molecule has 5 nitrogen and oxygen atoms in total. The summed E-state index contributed by atoms with van der Waals surface area (Å²) in [5, 5.41) is 5.73. The lowest BCUT2D eigenvalue weighted by atomic mass is 9.88. The van der Waals surface area contributed by atoms with E-state index in [1.807, 2.05) is 33.8 Å². The Bertz CT molecular complexity index is 765. The van der Waals surface area contributed by atoms with Gasteiger partial charge in [-0.25, -0.2) is 0 Å². The van der Waals surface area contributed by atoms with Gasteiger partial charge in [-0.2, -0.15) is 0 Å². The first-order valence-corrected chi connectivity index (χ1v) is 8.99. The van der Waals surface area contributed by atoms with Crippen LogP contribution in [-0.4, -0.2) is 30.2 Å². The minimum atomic E-state index is -0.503. The second-order valence-corrected chi connectivity index (χ2v) is 7.94. The molecule has 1 aliphatic heterocycles. The molecule has 5 heteroatoms. The van der Waals surface area contributed by atoms with Crippen LogP contribution in [0.2, 0.25) is 0 Å². The van der Waals surface area contributed by atoms with Gasteiger partial charge >= 0.3 is 0 Å². The Morgan fingerprint density at radius 3 is 2.64 bits per heavy atom. The minimum Gasteiger partial charge on any atom is -0.354 e. The summed E-state index contributed by atoms with van der Waals surface area (Å²) in [5.41, 5.74) is 3.37. The second-order valence-electron chi connectivity index (χ2n) is 7.94. The lowest BCUT2D eigenvalue weighted by Gasteiger charge is -2.19. The summed E-state index contributed by atoms with van der Waals surface area (Å²) >= 11 is 0. The molecular formula is C20H26N2O3. The predicted octanol–water partition coefficient (Wildman–Crippen LogP) is 2.47. The molecule has 0 saturated carbocycles. The van der Waals surface area contributed by atoms with Gasteiger partial charge in [-0.1, -0.05) is 19.9 Å². The number of hydrogen-bond acceptors (Lipinski definition) is 3. The topological polar surface area (TPSA) is 75.3 Å². The number of benzene rings is 1. The number of hydrogen-bond donors (Lipinski definition) is 2. The quantitative estimate of drug-likeness (QED) is 0.867. The lowest BCUT2D eigenvalue weighted by molar-refractivity contribution is -0.122. The molecule has 1 saturated heterocycles. The highest BCUT2D eigenvalue weighted by Crippen LogP contribution is 2.40. The number of carbonyl (C=O) groups excluding carboxylic acids is 3. The zero-order valence-corrected chi connectivity index (χ0v) is 15.4.